The molecular weight excluding hydrogens is 276 g/mol. The van der Waals surface area contributed by atoms with Crippen molar-refractivity contribution in [3.05, 3.63) is 35.9 Å². The van der Waals surface area contributed by atoms with Crippen molar-refractivity contribution >= 4 is 17.9 Å². The number of carboxylic acids is 1. The van der Waals surface area contributed by atoms with Crippen molar-refractivity contribution in [1.29, 1.82) is 0 Å². The molecule has 6 heteroatoms. The minimum Gasteiger partial charge on any atom is -0.481 e. The van der Waals surface area contributed by atoms with Crippen molar-refractivity contribution in [2.45, 2.75) is 13.3 Å². The van der Waals surface area contributed by atoms with E-state index < -0.39 is 29.2 Å². The van der Waals surface area contributed by atoms with Gasteiger partial charge < -0.3 is 14.6 Å². The maximum absolute atomic E-state index is 12.2. The van der Waals surface area contributed by atoms with Crippen LogP contribution in [0.3, 0.4) is 0 Å². The number of hydrogen-bond acceptors (Lipinski definition) is 5. The number of rotatable bonds is 6. The molecule has 1 aromatic rings. The van der Waals surface area contributed by atoms with Gasteiger partial charge in [-0.25, -0.2) is 0 Å². The van der Waals surface area contributed by atoms with E-state index in [2.05, 4.69) is 9.47 Å². The first-order valence-electron chi connectivity index (χ1n) is 6.33. The number of carboxylic acid groups (broad SMARTS) is 1. The van der Waals surface area contributed by atoms with Crippen LogP contribution in [-0.2, 0) is 30.3 Å². The van der Waals surface area contributed by atoms with Gasteiger partial charge in [0.2, 0.25) is 0 Å². The van der Waals surface area contributed by atoms with E-state index in [0.717, 1.165) is 14.2 Å². The van der Waals surface area contributed by atoms with E-state index in [-0.39, 0.29) is 6.42 Å². The summed E-state index contributed by atoms with van der Waals surface area (Å²) < 4.78 is 9.36. The molecule has 0 fully saturated rings. The van der Waals surface area contributed by atoms with Crippen LogP contribution in [0.15, 0.2) is 30.3 Å². The summed E-state index contributed by atoms with van der Waals surface area (Å²) in [5, 5.41) is 9.27. The predicted molar refractivity (Wildman–Crippen MR) is 73.4 cm³/mol. The lowest BCUT2D eigenvalue weighted by atomic mass is 9.71. The van der Waals surface area contributed by atoms with Gasteiger partial charge in [0, 0.05) is 6.42 Å². The Bertz CT molecular complexity index is 506. The normalized spacial score (nSPS) is 12.3. The Balaban J connectivity index is 3.39. The third-order valence-corrected chi connectivity index (χ3v) is 3.53. The van der Waals surface area contributed by atoms with E-state index in [1.54, 1.807) is 30.3 Å². The molecule has 0 amide bonds. The number of hydrogen-bond donors (Lipinski definition) is 1. The Morgan fingerprint density at radius 3 is 1.95 bits per heavy atom. The smallest absolute Gasteiger partial charge is 0.324 e. The van der Waals surface area contributed by atoms with Crippen molar-refractivity contribution in [2.24, 2.45) is 11.3 Å². The molecule has 0 heterocycles. The lowest BCUT2D eigenvalue weighted by Crippen LogP contribution is -2.50. The second kappa shape index (κ2) is 6.88. The van der Waals surface area contributed by atoms with E-state index >= 15 is 0 Å². The van der Waals surface area contributed by atoms with Gasteiger partial charge in [0.05, 0.1) is 20.1 Å². The molecular formula is C15H18O6. The average molecular weight is 294 g/mol. The molecule has 6 nitrogen and oxygen atoms in total. The molecule has 0 aliphatic rings. The summed E-state index contributed by atoms with van der Waals surface area (Å²) >= 11 is 0. The maximum Gasteiger partial charge on any atom is 0.324 e. The van der Waals surface area contributed by atoms with Crippen molar-refractivity contribution in [3.8, 4) is 0 Å². The van der Waals surface area contributed by atoms with E-state index in [4.69, 9.17) is 0 Å². The molecule has 0 aliphatic heterocycles. The zero-order chi connectivity index (χ0) is 16.0. The van der Waals surface area contributed by atoms with Gasteiger partial charge in [0.15, 0.2) is 5.41 Å². The van der Waals surface area contributed by atoms with Crippen molar-refractivity contribution in [2.75, 3.05) is 14.2 Å². The third-order valence-electron chi connectivity index (χ3n) is 3.53. The highest BCUT2D eigenvalue weighted by atomic mass is 16.5. The van der Waals surface area contributed by atoms with Crippen molar-refractivity contribution < 1.29 is 29.0 Å². The Morgan fingerprint density at radius 2 is 1.57 bits per heavy atom. The Hall–Kier alpha value is -2.37. The number of ether oxygens (including phenoxy) is 2. The molecule has 1 unspecified atom stereocenters. The molecule has 1 aromatic carbocycles. The summed E-state index contributed by atoms with van der Waals surface area (Å²) in [4.78, 5) is 35.8. The standard InChI is InChI=1S/C15H18O6/c1-10(12(16)17)15(13(18)20-2,14(19)21-3)9-11-7-5-4-6-8-11/h4-8,10H,9H2,1-3H3,(H,16,17). The third kappa shape index (κ3) is 3.21. The largest absolute Gasteiger partial charge is 0.481 e. The van der Waals surface area contributed by atoms with Gasteiger partial charge in [0.1, 0.15) is 0 Å². The highest BCUT2D eigenvalue weighted by molar-refractivity contribution is 6.04. The van der Waals surface area contributed by atoms with Crippen LogP contribution < -0.4 is 0 Å². The summed E-state index contributed by atoms with van der Waals surface area (Å²) in [6.45, 7) is 1.29. The SMILES string of the molecule is COC(=O)C(Cc1ccccc1)(C(=O)OC)C(C)C(=O)O. The second-order valence-electron chi connectivity index (χ2n) is 4.68. The van der Waals surface area contributed by atoms with Gasteiger partial charge in [-0.1, -0.05) is 37.3 Å². The molecule has 1 rings (SSSR count). The number of carbonyl (C=O) groups is 3. The topological polar surface area (TPSA) is 89.9 Å². The molecule has 0 aromatic heterocycles. The molecule has 0 saturated carbocycles. The molecule has 0 saturated heterocycles. The Morgan fingerprint density at radius 1 is 1.10 bits per heavy atom. The number of methoxy groups -OCH3 is 2. The molecule has 21 heavy (non-hydrogen) atoms. The number of benzene rings is 1. The lowest BCUT2D eigenvalue weighted by Gasteiger charge is -2.31. The Kier molecular flexibility index (Phi) is 5.46. The highest BCUT2D eigenvalue weighted by Gasteiger charge is 2.55. The fraction of sp³-hybridized carbons (Fsp3) is 0.400. The van der Waals surface area contributed by atoms with Crippen molar-refractivity contribution in [1.82, 2.24) is 0 Å². The maximum atomic E-state index is 12.2. The zero-order valence-corrected chi connectivity index (χ0v) is 12.2. The lowest BCUT2D eigenvalue weighted by molar-refractivity contribution is -0.178. The number of aliphatic carboxylic acids is 1. The van der Waals surface area contributed by atoms with Gasteiger partial charge in [-0.05, 0) is 5.56 Å². The molecule has 0 spiro atoms. The van der Waals surface area contributed by atoms with E-state index in [0.29, 0.717) is 5.56 Å². The quantitative estimate of drug-likeness (QED) is 0.628. The molecule has 0 radical (unpaired) electrons. The summed E-state index contributed by atoms with van der Waals surface area (Å²) in [5.41, 5.74) is -1.28. The summed E-state index contributed by atoms with van der Waals surface area (Å²) in [6.07, 6.45) is -0.110. The van der Waals surface area contributed by atoms with Crippen LogP contribution in [0.4, 0.5) is 0 Å². The molecule has 0 aliphatic carbocycles. The fourth-order valence-corrected chi connectivity index (χ4v) is 2.23. The summed E-state index contributed by atoms with van der Waals surface area (Å²) in [7, 11) is 2.22. The van der Waals surface area contributed by atoms with Crippen LogP contribution in [0.2, 0.25) is 0 Å². The van der Waals surface area contributed by atoms with Crippen LogP contribution >= 0.6 is 0 Å². The highest BCUT2D eigenvalue weighted by Crippen LogP contribution is 2.35. The zero-order valence-electron chi connectivity index (χ0n) is 12.2. The van der Waals surface area contributed by atoms with Gasteiger partial charge in [0.25, 0.3) is 0 Å². The first-order chi connectivity index (χ1) is 9.90. The molecule has 0 bridgehead atoms. The predicted octanol–water partition coefficient (Wildman–Crippen LogP) is 1.28. The van der Waals surface area contributed by atoms with Crippen LogP contribution in [-0.4, -0.2) is 37.2 Å². The first kappa shape index (κ1) is 16.7. The average Bonchev–Trinajstić information content (AvgIpc) is 2.51. The van der Waals surface area contributed by atoms with Gasteiger partial charge in [-0.2, -0.15) is 0 Å². The fourth-order valence-electron chi connectivity index (χ4n) is 2.23. The monoisotopic (exact) mass is 294 g/mol. The van der Waals surface area contributed by atoms with Crippen molar-refractivity contribution in [3.63, 3.8) is 0 Å². The Labute approximate surface area is 122 Å². The van der Waals surface area contributed by atoms with Gasteiger partial charge >= 0.3 is 17.9 Å². The number of carbonyl (C=O) groups excluding carboxylic acids is 2. The van der Waals surface area contributed by atoms with Crippen LogP contribution in [0.25, 0.3) is 0 Å². The minimum atomic E-state index is -1.92. The molecule has 1 N–H and O–H groups in total. The van der Waals surface area contributed by atoms with E-state index in [1.807, 2.05) is 0 Å². The van der Waals surface area contributed by atoms with Crippen LogP contribution in [0.1, 0.15) is 12.5 Å². The van der Waals surface area contributed by atoms with E-state index in [9.17, 15) is 19.5 Å². The molecule has 114 valence electrons. The summed E-state index contributed by atoms with van der Waals surface area (Å²) in [5.74, 6) is -4.42. The second-order valence-corrected chi connectivity index (χ2v) is 4.68. The first-order valence-corrected chi connectivity index (χ1v) is 6.33. The molecule has 1 atom stereocenters. The summed E-state index contributed by atoms with van der Waals surface area (Å²) in [6, 6.07) is 8.66. The minimum absolute atomic E-state index is 0.110. The number of esters is 2. The van der Waals surface area contributed by atoms with Crippen LogP contribution in [0, 0.1) is 11.3 Å². The van der Waals surface area contributed by atoms with Crippen LogP contribution in [0.5, 0.6) is 0 Å². The van der Waals surface area contributed by atoms with E-state index in [1.165, 1.54) is 6.92 Å². The van der Waals surface area contributed by atoms with Gasteiger partial charge in [-0.3, -0.25) is 14.4 Å². The van der Waals surface area contributed by atoms with Gasteiger partial charge in [-0.15, -0.1) is 0 Å².